The van der Waals surface area contributed by atoms with Crippen molar-refractivity contribution < 1.29 is 0 Å². The minimum atomic E-state index is 1.16. The summed E-state index contributed by atoms with van der Waals surface area (Å²) in [5, 5.41) is 0. The van der Waals surface area contributed by atoms with E-state index in [1.54, 1.807) is 0 Å². The zero-order valence-electron chi connectivity index (χ0n) is 6.58. The van der Waals surface area contributed by atoms with Crippen LogP contribution in [0.1, 0.15) is 26.7 Å². The van der Waals surface area contributed by atoms with E-state index in [-0.39, 0.29) is 0 Å². The van der Waals surface area contributed by atoms with Gasteiger partial charge in [-0.1, -0.05) is 34.1 Å². The van der Waals surface area contributed by atoms with E-state index in [1.165, 1.54) is 16.4 Å². The maximum Gasteiger partial charge on any atom is -0.000146 e. The Morgan fingerprint density at radius 2 is 2.30 bits per heavy atom. The normalized spacial score (nSPS) is 7.90. The third kappa shape index (κ3) is 6.15. The molecule has 0 fully saturated rings. The van der Waals surface area contributed by atoms with Crippen LogP contribution in [0.5, 0.6) is 0 Å². The number of hydrogen-bond acceptors (Lipinski definition) is 0. The van der Waals surface area contributed by atoms with Gasteiger partial charge in [-0.15, -0.1) is 0 Å². The highest BCUT2D eigenvalue weighted by atomic mass is 127. The maximum absolute atomic E-state index is 3.07. The van der Waals surface area contributed by atoms with Crippen LogP contribution < -0.4 is 0 Å². The van der Waals surface area contributed by atoms with Gasteiger partial charge in [0.25, 0.3) is 0 Å². The summed E-state index contributed by atoms with van der Waals surface area (Å²) in [6.45, 7) is 4.06. The first-order valence-electron chi connectivity index (χ1n) is 3.49. The zero-order valence-corrected chi connectivity index (χ0v) is 8.73. The molecule has 0 aromatic carbocycles. The van der Waals surface area contributed by atoms with Gasteiger partial charge in [-0.05, 0) is 42.8 Å². The molecule has 0 rings (SSSR count). The lowest BCUT2D eigenvalue weighted by Gasteiger charge is -1.90. The summed E-state index contributed by atoms with van der Waals surface area (Å²) in [7, 11) is 0. The molecule has 0 aromatic rings. The van der Waals surface area contributed by atoms with Crippen LogP contribution in [0, 0.1) is 0 Å². The van der Waals surface area contributed by atoms with Crippen molar-refractivity contribution in [2.45, 2.75) is 26.7 Å². The second kappa shape index (κ2) is 7.14. The largest absolute Gasteiger partial charge is 0.0864 e. The minimum absolute atomic E-state index is 1.16. The number of rotatable bonds is 3. The first-order chi connectivity index (χ1) is 4.81. The van der Waals surface area contributed by atoms with Crippen molar-refractivity contribution in [3.63, 3.8) is 0 Å². The molecule has 0 radical (unpaired) electrons. The standard InChI is InChI=1S/C9H13I/c1-3-4-6-9(2)7-5-8-10/h3H,5,7-8H2,1-2H3. The average Bonchev–Trinajstić information content (AvgIpc) is 1.97. The summed E-state index contributed by atoms with van der Waals surface area (Å²) in [6.07, 6.45) is 4.29. The van der Waals surface area contributed by atoms with Gasteiger partial charge in [0, 0.05) is 0 Å². The molecule has 56 valence electrons. The summed E-state index contributed by atoms with van der Waals surface area (Å²) in [5.74, 6) is 0. The second-order valence-electron chi connectivity index (χ2n) is 2.13. The summed E-state index contributed by atoms with van der Waals surface area (Å²) in [6, 6.07) is 0. The molecule has 0 saturated heterocycles. The van der Waals surface area contributed by atoms with Gasteiger partial charge in [0.1, 0.15) is 0 Å². The van der Waals surface area contributed by atoms with E-state index >= 15 is 0 Å². The van der Waals surface area contributed by atoms with E-state index in [0.29, 0.717) is 0 Å². The Morgan fingerprint density at radius 3 is 2.80 bits per heavy atom. The molecule has 0 aromatic heterocycles. The lowest BCUT2D eigenvalue weighted by atomic mass is 10.2. The molecule has 0 bridgehead atoms. The highest BCUT2D eigenvalue weighted by Gasteiger charge is 1.85. The zero-order chi connectivity index (χ0) is 7.82. The van der Waals surface area contributed by atoms with Crippen LogP contribution >= 0.6 is 22.6 Å². The van der Waals surface area contributed by atoms with Gasteiger partial charge in [0.05, 0.1) is 0 Å². The topological polar surface area (TPSA) is 0 Å². The Hall–Kier alpha value is 0.0300. The van der Waals surface area contributed by atoms with Crippen LogP contribution in [0.2, 0.25) is 0 Å². The molecule has 0 unspecified atom stereocenters. The average molecular weight is 248 g/mol. The highest BCUT2D eigenvalue weighted by molar-refractivity contribution is 14.1. The molecule has 0 spiro atoms. The molecule has 1 heteroatoms. The molecule has 0 aliphatic rings. The van der Waals surface area contributed by atoms with Crippen LogP contribution in [-0.4, -0.2) is 4.43 Å². The minimum Gasteiger partial charge on any atom is -0.0864 e. The molecule has 0 aliphatic heterocycles. The number of alkyl halides is 1. The lowest BCUT2D eigenvalue weighted by Crippen LogP contribution is -1.75. The molecular formula is C9H13I. The van der Waals surface area contributed by atoms with E-state index in [4.69, 9.17) is 0 Å². The number of hydrogen-bond donors (Lipinski definition) is 0. The van der Waals surface area contributed by atoms with Crippen molar-refractivity contribution in [3.8, 4) is 0 Å². The maximum atomic E-state index is 3.07. The van der Waals surface area contributed by atoms with E-state index in [9.17, 15) is 0 Å². The molecular weight excluding hydrogens is 235 g/mol. The van der Waals surface area contributed by atoms with Gasteiger partial charge >= 0.3 is 0 Å². The predicted molar refractivity (Wildman–Crippen MR) is 54.6 cm³/mol. The first-order valence-corrected chi connectivity index (χ1v) is 5.01. The summed E-state index contributed by atoms with van der Waals surface area (Å²) in [5.41, 5.74) is 7.32. The van der Waals surface area contributed by atoms with Crippen LogP contribution in [0.3, 0.4) is 0 Å². The van der Waals surface area contributed by atoms with Gasteiger partial charge in [0.15, 0.2) is 0 Å². The van der Waals surface area contributed by atoms with Crippen molar-refractivity contribution >= 4 is 22.6 Å². The van der Waals surface area contributed by atoms with Crippen molar-refractivity contribution in [1.82, 2.24) is 0 Å². The van der Waals surface area contributed by atoms with Crippen molar-refractivity contribution in [2.24, 2.45) is 0 Å². The Bertz CT molecular complexity index is 167. The van der Waals surface area contributed by atoms with Crippen molar-refractivity contribution in [2.75, 3.05) is 4.43 Å². The summed E-state index contributed by atoms with van der Waals surface area (Å²) >= 11 is 2.39. The molecule has 0 nitrogen and oxygen atoms in total. The fraction of sp³-hybridized carbons (Fsp3) is 0.556. The molecule has 0 saturated carbocycles. The Balaban J connectivity index is 3.83. The number of halogens is 1. The molecule has 0 N–H and O–H groups in total. The van der Waals surface area contributed by atoms with Gasteiger partial charge in [-0.25, -0.2) is 0 Å². The van der Waals surface area contributed by atoms with Gasteiger partial charge in [0.2, 0.25) is 0 Å². The quantitative estimate of drug-likeness (QED) is 0.407. The Kier molecular flexibility index (Phi) is 7.16. The fourth-order valence-corrected chi connectivity index (χ4v) is 0.971. The number of allylic oxidation sites excluding steroid dienone is 2. The van der Waals surface area contributed by atoms with Crippen LogP contribution in [0.15, 0.2) is 23.1 Å². The molecule has 10 heavy (non-hydrogen) atoms. The van der Waals surface area contributed by atoms with Gasteiger partial charge in [-0.2, -0.15) is 0 Å². The van der Waals surface area contributed by atoms with Crippen molar-refractivity contribution in [1.29, 1.82) is 0 Å². The molecule has 0 aliphatic carbocycles. The van der Waals surface area contributed by atoms with Crippen LogP contribution in [0.4, 0.5) is 0 Å². The highest BCUT2D eigenvalue weighted by Crippen LogP contribution is 2.03. The smallest absolute Gasteiger partial charge is 0.000146 e. The monoisotopic (exact) mass is 248 g/mol. The van der Waals surface area contributed by atoms with E-state index in [0.717, 1.165) is 6.42 Å². The molecule has 0 heterocycles. The van der Waals surface area contributed by atoms with E-state index in [2.05, 4.69) is 41.0 Å². The molecule has 0 amide bonds. The second-order valence-corrected chi connectivity index (χ2v) is 3.21. The Labute approximate surface area is 76.9 Å². The van der Waals surface area contributed by atoms with E-state index in [1.807, 2.05) is 13.0 Å². The third-order valence-electron chi connectivity index (χ3n) is 1.12. The summed E-state index contributed by atoms with van der Waals surface area (Å²) < 4.78 is 1.23. The van der Waals surface area contributed by atoms with E-state index < -0.39 is 0 Å². The first kappa shape index (κ1) is 10.0. The van der Waals surface area contributed by atoms with Crippen molar-refractivity contribution in [3.05, 3.63) is 23.1 Å². The predicted octanol–water partition coefficient (Wildman–Crippen LogP) is 3.48. The van der Waals surface area contributed by atoms with Gasteiger partial charge < -0.3 is 0 Å². The SMILES string of the molecule is CC=C=C=C(C)CCCI. The lowest BCUT2D eigenvalue weighted by molar-refractivity contribution is 0.930. The van der Waals surface area contributed by atoms with Crippen LogP contribution in [0.25, 0.3) is 0 Å². The Morgan fingerprint density at radius 1 is 1.60 bits per heavy atom. The van der Waals surface area contributed by atoms with Crippen LogP contribution in [-0.2, 0) is 0 Å². The van der Waals surface area contributed by atoms with Gasteiger partial charge in [-0.3, -0.25) is 0 Å². The summed E-state index contributed by atoms with van der Waals surface area (Å²) in [4.78, 5) is 0. The fourth-order valence-electron chi connectivity index (χ4n) is 0.590. The molecule has 0 atom stereocenters. The third-order valence-corrected chi connectivity index (χ3v) is 1.88.